The van der Waals surface area contributed by atoms with E-state index in [1.165, 1.54) is 31.8 Å². The maximum atomic E-state index is 8.21. The Morgan fingerprint density at radius 3 is 2.36 bits per heavy atom. The van der Waals surface area contributed by atoms with Crippen LogP contribution < -0.4 is 0 Å². The molecule has 0 aliphatic rings. The lowest BCUT2D eigenvalue weighted by molar-refractivity contribution is 0.696. The molecule has 14 heavy (non-hydrogen) atoms. The zero-order valence-electron chi connectivity index (χ0n) is 8.95. The number of nitrogens with zero attached hydrogens (tertiary/aromatic N) is 1. The third-order valence-electron chi connectivity index (χ3n) is 1.90. The van der Waals surface area contributed by atoms with E-state index in [2.05, 4.69) is 25.2 Å². The van der Waals surface area contributed by atoms with Gasteiger partial charge in [-0.2, -0.15) is 5.26 Å². The average molecular weight is 189 g/mol. The number of allylic oxidation sites excluding steroid dienone is 6. The zero-order valence-corrected chi connectivity index (χ0v) is 8.95. The predicted octanol–water partition coefficient (Wildman–Crippen LogP) is 4.15. The van der Waals surface area contributed by atoms with Crippen LogP contribution in [0.5, 0.6) is 0 Å². The van der Waals surface area contributed by atoms with Gasteiger partial charge in [-0.25, -0.2) is 0 Å². The molecule has 0 aromatic carbocycles. The minimum absolute atomic E-state index is 1.12. The van der Waals surface area contributed by atoms with Crippen LogP contribution >= 0.6 is 0 Å². The van der Waals surface area contributed by atoms with Crippen LogP contribution in [0.25, 0.3) is 0 Å². The monoisotopic (exact) mass is 189 g/mol. The molecule has 0 aliphatic heterocycles. The predicted molar refractivity (Wildman–Crippen MR) is 61.8 cm³/mol. The molecule has 0 bridgehead atoms. The third-order valence-corrected chi connectivity index (χ3v) is 1.90. The van der Waals surface area contributed by atoms with Crippen LogP contribution in [0.15, 0.2) is 36.5 Å². The molecule has 0 rings (SSSR count). The highest BCUT2D eigenvalue weighted by Gasteiger charge is 1.84. The van der Waals surface area contributed by atoms with Crippen molar-refractivity contribution in [3.8, 4) is 6.07 Å². The molecule has 0 spiro atoms. The Labute approximate surface area is 87.4 Å². The number of hydrogen-bond donors (Lipinski definition) is 0. The van der Waals surface area contributed by atoms with Gasteiger partial charge in [0.05, 0.1) is 6.07 Å². The molecule has 0 N–H and O–H groups in total. The summed E-state index contributed by atoms with van der Waals surface area (Å²) in [6.07, 6.45) is 17.8. The Bertz CT molecular complexity index is 228. The molecule has 0 fully saturated rings. The maximum Gasteiger partial charge on any atom is 0.0912 e. The SMILES string of the molecule is C/C=C/CCCCC/C=C/C=C/C#N. The topological polar surface area (TPSA) is 23.8 Å². The van der Waals surface area contributed by atoms with Gasteiger partial charge in [-0.05, 0) is 32.6 Å². The molecular formula is C13H19N. The summed E-state index contributed by atoms with van der Waals surface area (Å²) in [7, 11) is 0. The Hall–Kier alpha value is -1.29. The fourth-order valence-corrected chi connectivity index (χ4v) is 1.14. The molecule has 0 atom stereocenters. The van der Waals surface area contributed by atoms with Crippen LogP contribution in [-0.4, -0.2) is 0 Å². The number of rotatable bonds is 7. The van der Waals surface area contributed by atoms with Crippen molar-refractivity contribution in [2.24, 2.45) is 0 Å². The van der Waals surface area contributed by atoms with Crippen LogP contribution in [0, 0.1) is 11.3 Å². The summed E-state index contributed by atoms with van der Waals surface area (Å²) in [6, 6.07) is 1.95. The highest BCUT2D eigenvalue weighted by molar-refractivity contribution is 5.11. The van der Waals surface area contributed by atoms with Crippen LogP contribution in [-0.2, 0) is 0 Å². The van der Waals surface area contributed by atoms with Crippen LogP contribution in [0.2, 0.25) is 0 Å². The van der Waals surface area contributed by atoms with Gasteiger partial charge in [-0.3, -0.25) is 0 Å². The quantitative estimate of drug-likeness (QED) is 0.255. The standard InChI is InChI=1S/C13H19N/c1-2-3-4-5-6-7-8-9-10-11-12-13-14/h2-3,9-12H,4-8H2,1H3/b3-2+,10-9+,12-11+. The number of unbranched alkanes of at least 4 members (excludes halogenated alkanes) is 4. The molecule has 0 aromatic heterocycles. The molecule has 0 radical (unpaired) electrons. The summed E-state index contributed by atoms with van der Waals surface area (Å²) >= 11 is 0. The van der Waals surface area contributed by atoms with Crippen molar-refractivity contribution in [3.63, 3.8) is 0 Å². The van der Waals surface area contributed by atoms with Crippen molar-refractivity contribution in [3.05, 3.63) is 36.5 Å². The maximum absolute atomic E-state index is 8.21. The van der Waals surface area contributed by atoms with Gasteiger partial charge in [-0.15, -0.1) is 0 Å². The molecule has 0 heterocycles. The van der Waals surface area contributed by atoms with Gasteiger partial charge < -0.3 is 0 Å². The van der Waals surface area contributed by atoms with E-state index in [1.54, 1.807) is 6.08 Å². The average Bonchev–Trinajstić information content (AvgIpc) is 2.21. The fraction of sp³-hybridized carbons (Fsp3) is 0.462. The van der Waals surface area contributed by atoms with Crippen LogP contribution in [0.4, 0.5) is 0 Å². The third kappa shape index (κ3) is 10.7. The van der Waals surface area contributed by atoms with Crippen molar-refractivity contribution < 1.29 is 0 Å². The highest BCUT2D eigenvalue weighted by atomic mass is 14.2. The summed E-state index contributed by atoms with van der Waals surface area (Å²) in [5, 5.41) is 8.21. The molecule has 0 aromatic rings. The van der Waals surface area contributed by atoms with Crippen molar-refractivity contribution in [2.45, 2.75) is 39.0 Å². The molecule has 0 saturated carbocycles. The first-order chi connectivity index (χ1) is 6.91. The van der Waals surface area contributed by atoms with E-state index in [-0.39, 0.29) is 0 Å². The minimum Gasteiger partial charge on any atom is -0.193 e. The van der Waals surface area contributed by atoms with Gasteiger partial charge in [0.1, 0.15) is 0 Å². The van der Waals surface area contributed by atoms with E-state index in [0.717, 1.165) is 6.42 Å². The van der Waals surface area contributed by atoms with Crippen LogP contribution in [0.1, 0.15) is 39.0 Å². The summed E-state index contributed by atoms with van der Waals surface area (Å²) in [5.74, 6) is 0. The Kier molecular flexibility index (Phi) is 10.6. The van der Waals surface area contributed by atoms with E-state index in [1.807, 2.05) is 12.1 Å². The highest BCUT2D eigenvalue weighted by Crippen LogP contribution is 2.04. The molecular weight excluding hydrogens is 170 g/mol. The first-order valence-electron chi connectivity index (χ1n) is 5.24. The Morgan fingerprint density at radius 2 is 1.71 bits per heavy atom. The van der Waals surface area contributed by atoms with Gasteiger partial charge >= 0.3 is 0 Å². The van der Waals surface area contributed by atoms with E-state index in [9.17, 15) is 0 Å². The summed E-state index contributed by atoms with van der Waals surface area (Å²) < 4.78 is 0. The first kappa shape index (κ1) is 12.7. The van der Waals surface area contributed by atoms with Crippen molar-refractivity contribution in [2.75, 3.05) is 0 Å². The molecule has 0 saturated heterocycles. The van der Waals surface area contributed by atoms with Gasteiger partial charge in [0, 0.05) is 6.08 Å². The second-order valence-electron chi connectivity index (χ2n) is 3.12. The summed E-state index contributed by atoms with van der Waals surface area (Å²) in [4.78, 5) is 0. The second-order valence-corrected chi connectivity index (χ2v) is 3.12. The summed E-state index contributed by atoms with van der Waals surface area (Å²) in [5.41, 5.74) is 0. The van der Waals surface area contributed by atoms with Crippen molar-refractivity contribution in [1.82, 2.24) is 0 Å². The van der Waals surface area contributed by atoms with Crippen molar-refractivity contribution in [1.29, 1.82) is 5.26 Å². The molecule has 76 valence electrons. The van der Waals surface area contributed by atoms with E-state index < -0.39 is 0 Å². The molecule has 1 nitrogen and oxygen atoms in total. The largest absolute Gasteiger partial charge is 0.193 e. The Morgan fingerprint density at radius 1 is 1.00 bits per heavy atom. The van der Waals surface area contributed by atoms with Gasteiger partial charge in [0.15, 0.2) is 0 Å². The lowest BCUT2D eigenvalue weighted by Gasteiger charge is -1.94. The number of hydrogen-bond acceptors (Lipinski definition) is 1. The Balaban J connectivity index is 3.17. The van der Waals surface area contributed by atoms with E-state index >= 15 is 0 Å². The fourth-order valence-electron chi connectivity index (χ4n) is 1.14. The molecule has 0 amide bonds. The first-order valence-corrected chi connectivity index (χ1v) is 5.24. The minimum atomic E-state index is 1.12. The molecule has 0 aliphatic carbocycles. The lowest BCUT2D eigenvalue weighted by Crippen LogP contribution is -1.74. The van der Waals surface area contributed by atoms with E-state index in [4.69, 9.17) is 5.26 Å². The van der Waals surface area contributed by atoms with Gasteiger partial charge in [0.25, 0.3) is 0 Å². The molecule has 0 unspecified atom stereocenters. The van der Waals surface area contributed by atoms with Gasteiger partial charge in [-0.1, -0.05) is 36.8 Å². The van der Waals surface area contributed by atoms with Crippen LogP contribution in [0.3, 0.4) is 0 Å². The smallest absolute Gasteiger partial charge is 0.0912 e. The second kappa shape index (κ2) is 11.7. The normalized spacial score (nSPS) is 11.7. The van der Waals surface area contributed by atoms with Crippen molar-refractivity contribution >= 4 is 0 Å². The summed E-state index contributed by atoms with van der Waals surface area (Å²) in [6.45, 7) is 2.06. The molecule has 1 heteroatoms. The van der Waals surface area contributed by atoms with E-state index in [0.29, 0.717) is 0 Å². The lowest BCUT2D eigenvalue weighted by atomic mass is 10.1. The van der Waals surface area contributed by atoms with Gasteiger partial charge in [0.2, 0.25) is 0 Å². The zero-order chi connectivity index (χ0) is 10.5. The number of nitriles is 1.